The first kappa shape index (κ1) is 29.4. The first-order valence-corrected chi connectivity index (χ1v) is 15.6. The van der Waals surface area contributed by atoms with E-state index in [1.165, 1.54) is 5.56 Å². The lowest BCUT2D eigenvalue weighted by Gasteiger charge is -2.35. The van der Waals surface area contributed by atoms with Crippen LogP contribution < -0.4 is 15.5 Å². The summed E-state index contributed by atoms with van der Waals surface area (Å²) in [6.45, 7) is 4.59. The number of pyridine rings is 1. The first-order chi connectivity index (χ1) is 21.5. The number of fused-ring (bicyclic) bond motifs is 1. The summed E-state index contributed by atoms with van der Waals surface area (Å²) in [5, 5.41) is 5.74. The van der Waals surface area contributed by atoms with Crippen LogP contribution >= 0.6 is 0 Å². The third-order valence-corrected chi connectivity index (χ3v) is 7.95. The second kappa shape index (κ2) is 13.7. The smallest absolute Gasteiger partial charge is 0.228 e. The average molecular weight is 607 g/mol. The highest BCUT2D eigenvalue weighted by Gasteiger charge is 2.19. The fourth-order valence-electron chi connectivity index (χ4n) is 5.24. The minimum absolute atomic E-state index is 0.134. The van der Waals surface area contributed by atoms with Crippen LogP contribution in [0.25, 0.3) is 22.2 Å². The highest BCUT2D eigenvalue weighted by molar-refractivity contribution is 7.79. The van der Waals surface area contributed by atoms with Crippen molar-refractivity contribution in [2.24, 2.45) is 0 Å². The number of carbonyl (C=O) groups is 1. The summed E-state index contributed by atoms with van der Waals surface area (Å²) in [5.74, 6) is 0.596. The molecule has 0 spiro atoms. The van der Waals surface area contributed by atoms with Gasteiger partial charge >= 0.3 is 0 Å². The van der Waals surface area contributed by atoms with Crippen LogP contribution in [0, 0.1) is 0 Å². The Morgan fingerprint density at radius 1 is 0.841 bits per heavy atom. The van der Waals surface area contributed by atoms with Crippen LogP contribution in [0.5, 0.6) is 0 Å². The van der Waals surface area contributed by atoms with Crippen LogP contribution in [0.4, 0.5) is 17.2 Å². The number of nitrogens with one attached hydrogen (secondary N) is 2. The monoisotopic (exact) mass is 606 g/mol. The van der Waals surface area contributed by atoms with E-state index >= 15 is 0 Å². The minimum atomic E-state index is -2.17. The molecular formula is C33H32N7O3S-. The molecule has 224 valence electrons. The molecule has 3 heterocycles. The summed E-state index contributed by atoms with van der Waals surface area (Å²) in [4.78, 5) is 31.2. The predicted molar refractivity (Wildman–Crippen MR) is 173 cm³/mol. The molecule has 6 rings (SSSR count). The minimum Gasteiger partial charge on any atom is -0.771 e. The molecule has 2 aromatic heterocycles. The number of benzene rings is 3. The van der Waals surface area contributed by atoms with E-state index in [-0.39, 0.29) is 18.2 Å². The van der Waals surface area contributed by atoms with Crippen molar-refractivity contribution in [2.45, 2.75) is 13.0 Å². The quantitative estimate of drug-likeness (QED) is 0.222. The van der Waals surface area contributed by atoms with Gasteiger partial charge in [-0.1, -0.05) is 36.4 Å². The molecule has 11 heteroatoms. The van der Waals surface area contributed by atoms with E-state index in [9.17, 15) is 13.6 Å². The number of anilines is 3. The molecule has 1 atom stereocenters. The second-order valence-corrected chi connectivity index (χ2v) is 11.6. The molecule has 5 aromatic rings. The molecule has 0 aliphatic carbocycles. The predicted octanol–water partition coefficient (Wildman–Crippen LogP) is 4.44. The summed E-state index contributed by atoms with van der Waals surface area (Å²) in [5.41, 5.74) is 7.18. The van der Waals surface area contributed by atoms with Crippen molar-refractivity contribution in [3.63, 3.8) is 0 Å². The van der Waals surface area contributed by atoms with Gasteiger partial charge in [-0.15, -0.1) is 0 Å². The molecule has 3 aromatic carbocycles. The Kier molecular flexibility index (Phi) is 9.16. The number of amides is 1. The maximum atomic E-state index is 12.6. The zero-order chi connectivity index (χ0) is 30.3. The molecule has 0 bridgehead atoms. The van der Waals surface area contributed by atoms with Crippen LogP contribution in [-0.4, -0.2) is 66.6 Å². The van der Waals surface area contributed by atoms with Gasteiger partial charge in [-0.2, -0.15) is 0 Å². The third-order valence-electron chi connectivity index (χ3n) is 7.57. The Labute approximate surface area is 258 Å². The van der Waals surface area contributed by atoms with Gasteiger partial charge in [0.1, 0.15) is 5.82 Å². The van der Waals surface area contributed by atoms with E-state index in [1.54, 1.807) is 30.5 Å². The fraction of sp³-hybridized carbons (Fsp3) is 0.212. The standard InChI is InChI=1S/C33H33N7O3S/c41-33(18-24-3-8-28(9-4-24)36-23-44(42)43)37-29-10-5-26(6-11-29)27-7-12-30-31(19-27)38-32(21-35-30)40-16-14-39(15-17-40)22-25-2-1-13-34-20-25/h1-13,19-21,36H,14-18,22-23H2,(H,37,41)(H,42,43)/p-1. The van der Waals surface area contributed by atoms with Gasteiger partial charge in [-0.05, 0) is 75.8 Å². The summed E-state index contributed by atoms with van der Waals surface area (Å²) >= 11 is -2.17. The molecule has 10 nitrogen and oxygen atoms in total. The molecule has 1 fully saturated rings. The zero-order valence-electron chi connectivity index (χ0n) is 24.1. The van der Waals surface area contributed by atoms with E-state index in [1.807, 2.05) is 54.9 Å². The third kappa shape index (κ3) is 7.62. The summed E-state index contributed by atoms with van der Waals surface area (Å²) in [6.07, 6.45) is 5.80. The highest BCUT2D eigenvalue weighted by atomic mass is 32.2. The Bertz CT molecular complexity index is 1740. The SMILES string of the molecule is O=C(Cc1ccc(NCS(=O)[O-])cc1)Nc1ccc(-c2ccc3ncc(N4CCN(Cc5cccnc5)CC4)nc3c2)cc1. The summed E-state index contributed by atoms with van der Waals surface area (Å²) in [7, 11) is 0. The van der Waals surface area contributed by atoms with E-state index in [4.69, 9.17) is 4.98 Å². The molecule has 44 heavy (non-hydrogen) atoms. The molecular weight excluding hydrogens is 574 g/mol. The molecule has 1 unspecified atom stereocenters. The van der Waals surface area contributed by atoms with E-state index in [0.29, 0.717) is 11.4 Å². The first-order valence-electron chi connectivity index (χ1n) is 14.4. The van der Waals surface area contributed by atoms with Crippen molar-refractivity contribution in [1.29, 1.82) is 0 Å². The molecule has 1 amide bonds. The molecule has 2 N–H and O–H groups in total. The van der Waals surface area contributed by atoms with Crippen molar-refractivity contribution >= 4 is 45.2 Å². The number of nitrogens with zero attached hydrogens (tertiary/aromatic N) is 5. The number of hydrogen-bond donors (Lipinski definition) is 2. The molecule has 1 saturated heterocycles. The van der Waals surface area contributed by atoms with Gasteiger partial charge in [-0.3, -0.25) is 23.9 Å². The topological polar surface area (TPSA) is 126 Å². The van der Waals surface area contributed by atoms with Crippen molar-refractivity contribution in [1.82, 2.24) is 19.9 Å². The summed E-state index contributed by atoms with van der Waals surface area (Å²) < 4.78 is 21.4. The molecule has 0 saturated carbocycles. The van der Waals surface area contributed by atoms with Gasteiger partial charge < -0.3 is 20.1 Å². The number of piperazine rings is 1. The van der Waals surface area contributed by atoms with E-state index in [2.05, 4.69) is 42.5 Å². The van der Waals surface area contributed by atoms with Gasteiger partial charge in [-0.25, -0.2) is 4.98 Å². The van der Waals surface area contributed by atoms with Gasteiger partial charge in [0.15, 0.2) is 0 Å². The van der Waals surface area contributed by atoms with Crippen molar-refractivity contribution in [3.05, 3.63) is 109 Å². The normalized spacial score (nSPS) is 14.3. The lowest BCUT2D eigenvalue weighted by Crippen LogP contribution is -2.46. The molecule has 0 radical (unpaired) electrons. The van der Waals surface area contributed by atoms with Crippen molar-refractivity contribution < 1.29 is 13.6 Å². The second-order valence-electron chi connectivity index (χ2n) is 10.7. The summed E-state index contributed by atoms with van der Waals surface area (Å²) in [6, 6.07) is 25.0. The number of carbonyl (C=O) groups excluding carboxylic acids is 1. The van der Waals surface area contributed by atoms with Crippen LogP contribution in [0.3, 0.4) is 0 Å². The van der Waals surface area contributed by atoms with E-state index in [0.717, 1.165) is 66.3 Å². The van der Waals surface area contributed by atoms with Crippen LogP contribution in [0.15, 0.2) is 97.5 Å². The van der Waals surface area contributed by atoms with Crippen molar-refractivity contribution in [2.75, 3.05) is 47.6 Å². The van der Waals surface area contributed by atoms with Gasteiger partial charge in [0, 0.05) is 56.5 Å². The Balaban J connectivity index is 1.05. The Hall–Kier alpha value is -4.71. The molecule has 1 aliphatic rings. The maximum absolute atomic E-state index is 12.6. The highest BCUT2D eigenvalue weighted by Crippen LogP contribution is 2.26. The average Bonchev–Trinajstić information content (AvgIpc) is 3.05. The van der Waals surface area contributed by atoms with E-state index < -0.39 is 11.1 Å². The van der Waals surface area contributed by atoms with Gasteiger partial charge in [0.25, 0.3) is 0 Å². The Morgan fingerprint density at radius 3 is 2.32 bits per heavy atom. The van der Waals surface area contributed by atoms with Gasteiger partial charge in [0.05, 0.1) is 29.5 Å². The number of rotatable bonds is 10. The maximum Gasteiger partial charge on any atom is 0.228 e. The number of hydrogen-bond acceptors (Lipinski definition) is 9. The zero-order valence-corrected chi connectivity index (χ0v) is 24.9. The van der Waals surface area contributed by atoms with Crippen LogP contribution in [0.1, 0.15) is 11.1 Å². The number of aromatic nitrogens is 3. The lowest BCUT2D eigenvalue weighted by atomic mass is 10.0. The lowest BCUT2D eigenvalue weighted by molar-refractivity contribution is -0.115. The van der Waals surface area contributed by atoms with Gasteiger partial charge in [0.2, 0.25) is 5.91 Å². The van der Waals surface area contributed by atoms with Crippen LogP contribution in [-0.2, 0) is 28.8 Å². The fourth-order valence-corrected chi connectivity index (χ4v) is 5.52. The largest absolute Gasteiger partial charge is 0.771 e. The van der Waals surface area contributed by atoms with Crippen molar-refractivity contribution in [3.8, 4) is 11.1 Å². The Morgan fingerprint density at radius 2 is 1.59 bits per heavy atom. The molecule has 1 aliphatic heterocycles. The van der Waals surface area contributed by atoms with Crippen LogP contribution in [0.2, 0.25) is 0 Å².